The molecular weight excluding hydrogens is 515 g/mol. The van der Waals surface area contributed by atoms with Crippen molar-refractivity contribution in [2.24, 2.45) is 5.41 Å². The standard InChI is InChI=1S/C15H17.C5H5.C2H5.6CH3.Hf/c1-10-4-5-11-6-12-8-15(2,3)9-13(12)7-14(10)11;1-2-4-5-3-1;1-2;;;;;;;/h4-7H,8-9H2,1-3H3;1-5H;1H2,2H3;6*1H3;. The van der Waals surface area contributed by atoms with E-state index in [1.54, 1.807) is 16.7 Å². The van der Waals surface area contributed by atoms with Gasteiger partial charge in [0.1, 0.15) is 0 Å². The van der Waals surface area contributed by atoms with E-state index in [2.05, 4.69) is 104 Å². The van der Waals surface area contributed by atoms with Crippen molar-refractivity contribution >= 4 is 6.08 Å². The van der Waals surface area contributed by atoms with E-state index < -0.39 is 12.6 Å². The monoisotopic (exact) mass is 561 g/mol. The molecule has 0 bridgehead atoms. The Kier molecular flexibility index (Phi) is 2.61. The van der Waals surface area contributed by atoms with E-state index in [9.17, 15) is 0 Å². The second-order valence-corrected chi connectivity index (χ2v) is 126. The molecule has 3 aliphatic rings. The van der Waals surface area contributed by atoms with E-state index in [0.717, 1.165) is 0 Å². The summed E-state index contributed by atoms with van der Waals surface area (Å²) in [6, 6.07) is 5.15. The summed E-state index contributed by atoms with van der Waals surface area (Å²) in [7, 11) is 0. The number of hydrogen-bond acceptors (Lipinski definition) is 0. The van der Waals surface area contributed by atoms with Crippen LogP contribution in [0.25, 0.3) is 6.08 Å². The Labute approximate surface area is 167 Å². The summed E-state index contributed by atoms with van der Waals surface area (Å²) >= 11 is -5.56. The van der Waals surface area contributed by atoms with Crippen LogP contribution in [0.4, 0.5) is 0 Å². The molecule has 0 nitrogen and oxygen atoms in total. The van der Waals surface area contributed by atoms with Crippen molar-refractivity contribution in [2.45, 2.75) is 79.6 Å². The van der Waals surface area contributed by atoms with Crippen LogP contribution < -0.4 is 0 Å². The third kappa shape index (κ3) is 2.05. The number of rotatable bonds is 3. The molecule has 0 saturated heterocycles. The van der Waals surface area contributed by atoms with Crippen LogP contribution in [0.15, 0.2) is 42.5 Å². The maximum atomic E-state index is 2.75. The Balaban J connectivity index is 2.16. The van der Waals surface area contributed by atoms with Gasteiger partial charge in [0, 0.05) is 0 Å². The first kappa shape index (κ1) is 21.5. The Morgan fingerprint density at radius 3 is 1.90 bits per heavy atom. The van der Waals surface area contributed by atoms with Gasteiger partial charge in [-0.25, -0.2) is 0 Å². The summed E-state index contributed by atoms with van der Waals surface area (Å²) in [6.45, 7) is 9.89. The fourth-order valence-electron chi connectivity index (χ4n) is 7.42. The molecule has 1 unspecified atom stereocenters. The van der Waals surface area contributed by atoms with Crippen molar-refractivity contribution in [2.75, 3.05) is 0 Å². The molecule has 161 valence electrons. The van der Waals surface area contributed by atoms with E-state index in [1.165, 1.54) is 22.6 Å². The SMILES string of the molecule is C[CH2][Hf]([CH3])([CH3])([CH3])([CH3])([CH3])([CH3])([CH]1C=CC=C1)[C]1(C)C=Cc2cc3c(cc21)CC(C)(C)C3. The molecule has 0 fully saturated rings. The molecule has 0 radical (unpaired) electrons. The van der Waals surface area contributed by atoms with Crippen molar-refractivity contribution in [1.29, 1.82) is 0 Å². The quantitative estimate of drug-likeness (QED) is 0.323. The fourth-order valence-corrected chi connectivity index (χ4v) is 37.5. The molecule has 0 aromatic heterocycles. The zero-order chi connectivity index (χ0) is 22.0. The van der Waals surface area contributed by atoms with Crippen LogP contribution in [-0.2, 0) is 28.6 Å². The Bertz CT molecular complexity index is 1130. The maximum absolute atomic E-state index is 5.56. The van der Waals surface area contributed by atoms with Gasteiger partial charge in [-0.2, -0.15) is 0 Å². The van der Waals surface area contributed by atoms with Gasteiger partial charge >= 0.3 is 169 Å². The van der Waals surface area contributed by atoms with E-state index in [4.69, 9.17) is 0 Å². The van der Waals surface area contributed by atoms with Crippen LogP contribution in [-0.4, -0.2) is 0 Å². The van der Waals surface area contributed by atoms with Gasteiger partial charge in [0.2, 0.25) is 0 Å². The van der Waals surface area contributed by atoms with Crippen LogP contribution >= 0.6 is 0 Å². The van der Waals surface area contributed by atoms with Crippen molar-refractivity contribution in [3.63, 3.8) is 0 Å². The molecule has 29 heavy (non-hydrogen) atoms. The molecule has 1 atom stereocenters. The molecule has 4 rings (SSSR count). The summed E-state index contributed by atoms with van der Waals surface area (Å²) in [5, 5.41) is 0. The topological polar surface area (TPSA) is 0 Å². The first-order valence-corrected chi connectivity index (χ1v) is 40.0. The van der Waals surface area contributed by atoms with Crippen LogP contribution in [0.5, 0.6) is 0 Å². The normalized spacial score (nSPS) is 32.4. The molecular formula is C28H45Hf. The van der Waals surface area contributed by atoms with Crippen LogP contribution in [0.1, 0.15) is 49.9 Å². The molecule has 1 heteroatoms. The summed E-state index contributed by atoms with van der Waals surface area (Å²) in [4.78, 5) is 0. The Hall–Kier alpha value is -0.690. The van der Waals surface area contributed by atoms with Gasteiger partial charge in [0.05, 0.1) is 0 Å². The summed E-state index contributed by atoms with van der Waals surface area (Å²) in [5.74, 6) is 0. The van der Waals surface area contributed by atoms with Crippen molar-refractivity contribution in [1.82, 2.24) is 0 Å². The zero-order valence-corrected chi connectivity index (χ0v) is 24.4. The summed E-state index contributed by atoms with van der Waals surface area (Å²) in [5.41, 5.74) is 6.57. The van der Waals surface area contributed by atoms with Gasteiger partial charge in [-0.15, -0.1) is 0 Å². The predicted octanol–water partition coefficient (Wildman–Crippen LogP) is 9.53. The number of hydrogen-bond donors (Lipinski definition) is 0. The minimum atomic E-state index is -5.56. The molecule has 1 aromatic carbocycles. The molecule has 0 heterocycles. The van der Waals surface area contributed by atoms with Crippen molar-refractivity contribution < 1.29 is 12.6 Å². The average Bonchev–Trinajstić information content (AvgIpc) is 3.23. The molecule has 0 N–H and O–H groups in total. The number of fused-ring (bicyclic) bond motifs is 2. The Morgan fingerprint density at radius 1 is 0.862 bits per heavy atom. The van der Waals surface area contributed by atoms with Crippen molar-refractivity contribution in [3.05, 3.63) is 64.8 Å². The van der Waals surface area contributed by atoms with Crippen LogP contribution in [0.3, 0.4) is 0 Å². The first-order chi connectivity index (χ1) is 12.5. The van der Waals surface area contributed by atoms with Gasteiger partial charge < -0.3 is 0 Å². The zero-order valence-electron chi connectivity index (χ0n) is 20.8. The van der Waals surface area contributed by atoms with E-state index >= 15 is 0 Å². The minimum absolute atomic E-state index is 0.0446. The second-order valence-electron chi connectivity index (χ2n) is 21.3. The fraction of sp³-hybridized carbons (Fsp3) is 0.571. The molecule has 0 saturated carbocycles. The second kappa shape index (κ2) is 3.52. The third-order valence-electron chi connectivity index (χ3n) is 13.3. The molecule has 0 spiro atoms. The number of benzene rings is 1. The van der Waals surface area contributed by atoms with Gasteiger partial charge in [-0.3, -0.25) is 0 Å². The van der Waals surface area contributed by atoms with Gasteiger partial charge in [0.15, 0.2) is 0 Å². The summed E-state index contributed by atoms with van der Waals surface area (Å²) < 4.78 is 18.1. The third-order valence-corrected chi connectivity index (χ3v) is 78.7. The van der Waals surface area contributed by atoms with Gasteiger partial charge in [-0.1, -0.05) is 0 Å². The van der Waals surface area contributed by atoms with Gasteiger partial charge in [-0.05, 0) is 0 Å². The van der Waals surface area contributed by atoms with Crippen LogP contribution in [0, 0.1) is 5.41 Å². The van der Waals surface area contributed by atoms with Crippen LogP contribution in [0.2, 0.25) is 35.9 Å². The summed E-state index contributed by atoms with van der Waals surface area (Å²) in [6.07, 6.45) is 17.0. The molecule has 0 amide bonds. The molecule has 1 aromatic rings. The molecule has 0 aliphatic heterocycles. The van der Waals surface area contributed by atoms with E-state index in [0.29, 0.717) is 9.09 Å². The van der Waals surface area contributed by atoms with Gasteiger partial charge in [0.25, 0.3) is 0 Å². The Morgan fingerprint density at radius 2 is 1.38 bits per heavy atom. The van der Waals surface area contributed by atoms with E-state index in [1.807, 2.05) is 0 Å². The predicted molar refractivity (Wildman–Crippen MR) is 132 cm³/mol. The average molecular weight is 560 g/mol. The van der Waals surface area contributed by atoms with Crippen molar-refractivity contribution in [3.8, 4) is 0 Å². The van der Waals surface area contributed by atoms with E-state index in [-0.39, 0.29) is 3.17 Å². The number of allylic oxidation sites excluding steroid dienone is 5. The first-order valence-electron chi connectivity index (χ1n) is 12.0. The molecule has 3 aliphatic carbocycles.